The standard InChI is InChI=1S/C14H22BrN3O2/c1-9(2)8-18-14(19)13(15)11(7-16-18)17-10-5-4-6-12(10)20-3/h7,9-10,12,17H,4-6,8H2,1-3H3. The van der Waals surface area contributed by atoms with Crippen molar-refractivity contribution in [1.29, 1.82) is 0 Å². The van der Waals surface area contributed by atoms with Crippen molar-refractivity contribution in [2.75, 3.05) is 12.4 Å². The molecule has 1 heterocycles. The maximum absolute atomic E-state index is 12.2. The van der Waals surface area contributed by atoms with Crippen LogP contribution in [0.25, 0.3) is 0 Å². The number of hydrogen-bond acceptors (Lipinski definition) is 4. The predicted molar refractivity (Wildman–Crippen MR) is 83.1 cm³/mol. The number of ether oxygens (including phenoxy) is 1. The number of nitrogens with one attached hydrogen (secondary N) is 1. The van der Waals surface area contributed by atoms with Crippen LogP contribution in [0.3, 0.4) is 0 Å². The van der Waals surface area contributed by atoms with Gasteiger partial charge in [-0.2, -0.15) is 5.10 Å². The molecule has 6 heteroatoms. The minimum absolute atomic E-state index is 0.0873. The van der Waals surface area contributed by atoms with Gasteiger partial charge in [-0.25, -0.2) is 4.68 Å². The van der Waals surface area contributed by atoms with E-state index in [2.05, 4.69) is 40.2 Å². The molecule has 0 saturated heterocycles. The van der Waals surface area contributed by atoms with Crippen molar-refractivity contribution < 1.29 is 4.74 Å². The number of halogens is 1. The predicted octanol–water partition coefficient (Wildman–Crippen LogP) is 2.64. The van der Waals surface area contributed by atoms with E-state index in [9.17, 15) is 4.79 Å². The first-order chi connectivity index (χ1) is 9.52. The van der Waals surface area contributed by atoms with Gasteiger partial charge in [-0.15, -0.1) is 0 Å². The number of anilines is 1. The Balaban J connectivity index is 2.17. The van der Waals surface area contributed by atoms with Gasteiger partial charge in [-0.3, -0.25) is 4.79 Å². The van der Waals surface area contributed by atoms with Gasteiger partial charge in [0.15, 0.2) is 0 Å². The third-order valence-corrected chi connectivity index (χ3v) is 4.39. The normalized spacial score (nSPS) is 22.4. The zero-order valence-electron chi connectivity index (χ0n) is 12.2. The molecule has 0 radical (unpaired) electrons. The molecule has 1 aromatic rings. The number of methoxy groups -OCH3 is 1. The van der Waals surface area contributed by atoms with Gasteiger partial charge in [0.25, 0.3) is 5.56 Å². The van der Waals surface area contributed by atoms with Crippen molar-refractivity contribution in [2.24, 2.45) is 5.92 Å². The number of nitrogens with zero attached hydrogens (tertiary/aromatic N) is 2. The van der Waals surface area contributed by atoms with Crippen LogP contribution in [0.1, 0.15) is 33.1 Å². The van der Waals surface area contributed by atoms with Gasteiger partial charge in [0.2, 0.25) is 0 Å². The van der Waals surface area contributed by atoms with E-state index in [0.29, 0.717) is 16.9 Å². The van der Waals surface area contributed by atoms with E-state index in [1.54, 1.807) is 13.3 Å². The smallest absolute Gasteiger partial charge is 0.283 e. The van der Waals surface area contributed by atoms with Gasteiger partial charge >= 0.3 is 0 Å². The Bertz CT molecular complexity index is 516. The average Bonchev–Trinajstić information content (AvgIpc) is 2.85. The Kier molecular flexibility index (Phi) is 5.21. The largest absolute Gasteiger partial charge is 0.379 e. The fraction of sp³-hybridized carbons (Fsp3) is 0.714. The van der Waals surface area contributed by atoms with E-state index >= 15 is 0 Å². The van der Waals surface area contributed by atoms with Crippen LogP contribution in [0.5, 0.6) is 0 Å². The van der Waals surface area contributed by atoms with Crippen molar-refractivity contribution in [2.45, 2.75) is 51.8 Å². The molecule has 2 unspecified atom stereocenters. The highest BCUT2D eigenvalue weighted by Gasteiger charge is 2.27. The number of aromatic nitrogens is 2. The first-order valence-electron chi connectivity index (χ1n) is 7.08. The quantitative estimate of drug-likeness (QED) is 0.892. The van der Waals surface area contributed by atoms with Crippen molar-refractivity contribution in [3.05, 3.63) is 21.0 Å². The van der Waals surface area contributed by atoms with Crippen LogP contribution >= 0.6 is 15.9 Å². The Morgan fingerprint density at radius 3 is 2.95 bits per heavy atom. The van der Waals surface area contributed by atoms with E-state index in [0.717, 1.165) is 24.9 Å². The van der Waals surface area contributed by atoms with E-state index in [1.807, 2.05) is 0 Å². The molecule has 5 nitrogen and oxygen atoms in total. The molecule has 1 fully saturated rings. The minimum atomic E-state index is -0.0873. The van der Waals surface area contributed by atoms with Crippen molar-refractivity contribution in [3.63, 3.8) is 0 Å². The highest BCUT2D eigenvalue weighted by atomic mass is 79.9. The molecular formula is C14H22BrN3O2. The van der Waals surface area contributed by atoms with Gasteiger partial charge < -0.3 is 10.1 Å². The Morgan fingerprint density at radius 2 is 2.30 bits per heavy atom. The lowest BCUT2D eigenvalue weighted by Crippen LogP contribution is -2.32. The molecule has 1 N–H and O–H groups in total. The van der Waals surface area contributed by atoms with Gasteiger partial charge in [0, 0.05) is 13.7 Å². The van der Waals surface area contributed by atoms with Crippen LogP contribution in [0.15, 0.2) is 15.5 Å². The average molecular weight is 344 g/mol. The second-order valence-corrected chi connectivity index (χ2v) is 6.50. The first-order valence-corrected chi connectivity index (χ1v) is 7.87. The fourth-order valence-corrected chi connectivity index (χ4v) is 3.04. The Morgan fingerprint density at radius 1 is 1.55 bits per heavy atom. The Hall–Kier alpha value is -0.880. The van der Waals surface area contributed by atoms with Crippen LogP contribution in [0, 0.1) is 5.92 Å². The monoisotopic (exact) mass is 343 g/mol. The summed E-state index contributed by atoms with van der Waals surface area (Å²) < 4.78 is 7.51. The summed E-state index contributed by atoms with van der Waals surface area (Å²) in [4.78, 5) is 12.2. The summed E-state index contributed by atoms with van der Waals surface area (Å²) in [6.45, 7) is 4.76. The van der Waals surface area contributed by atoms with Gasteiger partial charge in [-0.1, -0.05) is 13.8 Å². The maximum Gasteiger partial charge on any atom is 0.283 e. The third kappa shape index (κ3) is 3.41. The molecule has 0 amide bonds. The number of hydrogen-bond donors (Lipinski definition) is 1. The molecule has 1 aliphatic rings. The molecular weight excluding hydrogens is 322 g/mol. The highest BCUT2D eigenvalue weighted by molar-refractivity contribution is 9.10. The molecule has 0 bridgehead atoms. The van der Waals surface area contributed by atoms with Crippen molar-refractivity contribution in [3.8, 4) is 0 Å². The van der Waals surface area contributed by atoms with Gasteiger partial charge in [0.1, 0.15) is 4.47 Å². The van der Waals surface area contributed by atoms with Crippen LogP contribution in [0.4, 0.5) is 5.69 Å². The third-order valence-electron chi connectivity index (χ3n) is 3.62. The summed E-state index contributed by atoms with van der Waals surface area (Å²) in [6, 6.07) is 0.249. The summed E-state index contributed by atoms with van der Waals surface area (Å²) in [5, 5.41) is 7.63. The van der Waals surface area contributed by atoms with E-state index in [4.69, 9.17) is 4.74 Å². The van der Waals surface area contributed by atoms with Gasteiger partial charge in [0.05, 0.1) is 24.0 Å². The second-order valence-electron chi connectivity index (χ2n) is 5.71. The lowest BCUT2D eigenvalue weighted by molar-refractivity contribution is 0.101. The fourth-order valence-electron chi connectivity index (χ4n) is 2.61. The molecule has 0 spiro atoms. The van der Waals surface area contributed by atoms with Crippen LogP contribution in [0.2, 0.25) is 0 Å². The van der Waals surface area contributed by atoms with E-state index < -0.39 is 0 Å². The molecule has 2 atom stereocenters. The molecule has 0 aromatic carbocycles. The lowest BCUT2D eigenvalue weighted by atomic mass is 10.2. The molecule has 1 saturated carbocycles. The summed E-state index contributed by atoms with van der Waals surface area (Å²) in [5.74, 6) is 0.388. The summed E-state index contributed by atoms with van der Waals surface area (Å²) in [7, 11) is 1.73. The molecule has 20 heavy (non-hydrogen) atoms. The lowest BCUT2D eigenvalue weighted by Gasteiger charge is -2.21. The maximum atomic E-state index is 12.2. The van der Waals surface area contributed by atoms with Crippen LogP contribution in [-0.2, 0) is 11.3 Å². The topological polar surface area (TPSA) is 56.1 Å². The molecule has 112 valence electrons. The SMILES string of the molecule is COC1CCCC1Nc1cnn(CC(C)C)c(=O)c1Br. The van der Waals surface area contributed by atoms with Crippen LogP contribution in [-0.4, -0.2) is 29.0 Å². The number of rotatable bonds is 5. The highest BCUT2D eigenvalue weighted by Crippen LogP contribution is 2.27. The van der Waals surface area contributed by atoms with Crippen molar-refractivity contribution in [1.82, 2.24) is 9.78 Å². The first kappa shape index (κ1) is 15.5. The van der Waals surface area contributed by atoms with Crippen LogP contribution < -0.4 is 10.9 Å². The van der Waals surface area contributed by atoms with E-state index in [-0.39, 0.29) is 17.7 Å². The summed E-state index contributed by atoms with van der Waals surface area (Å²) in [5.41, 5.74) is 0.666. The van der Waals surface area contributed by atoms with E-state index in [1.165, 1.54) is 4.68 Å². The Labute approximate surface area is 127 Å². The molecule has 2 rings (SSSR count). The zero-order chi connectivity index (χ0) is 14.7. The molecule has 1 aliphatic carbocycles. The zero-order valence-corrected chi connectivity index (χ0v) is 13.8. The second kappa shape index (κ2) is 6.72. The van der Waals surface area contributed by atoms with Crippen molar-refractivity contribution >= 4 is 21.6 Å². The summed E-state index contributed by atoms with van der Waals surface area (Å²) in [6.07, 6.45) is 5.19. The minimum Gasteiger partial charge on any atom is -0.379 e. The summed E-state index contributed by atoms with van der Waals surface area (Å²) >= 11 is 3.39. The van der Waals surface area contributed by atoms with Gasteiger partial charge in [-0.05, 0) is 41.1 Å². The molecule has 1 aromatic heterocycles. The molecule has 0 aliphatic heterocycles.